The standard InChI is InChI=1S/C24H31F4N3O/c1-23(2)16-5-4-15(21(23)12-16)14-31(3)8-6-19(7-9-31)29-22(32)30-20-11-17(24(26,27)28)10-18(25)13-20/h4,10-11,13,16,19,21H,5-9,12,14H2,1-3H3,(H-,29,30,32)/p+1/t16-,19?,21-,31?/m0/s1. The first kappa shape index (κ1) is 23.1. The van der Waals surface area contributed by atoms with Crippen LogP contribution in [0.1, 0.15) is 45.1 Å². The predicted molar refractivity (Wildman–Crippen MR) is 115 cm³/mol. The van der Waals surface area contributed by atoms with Crippen molar-refractivity contribution in [3.05, 3.63) is 41.2 Å². The van der Waals surface area contributed by atoms with Crippen molar-refractivity contribution < 1.29 is 26.8 Å². The van der Waals surface area contributed by atoms with Crippen molar-refractivity contribution in [2.24, 2.45) is 17.3 Å². The van der Waals surface area contributed by atoms with E-state index < -0.39 is 23.6 Å². The van der Waals surface area contributed by atoms with Crippen molar-refractivity contribution in [1.82, 2.24) is 5.32 Å². The van der Waals surface area contributed by atoms with E-state index in [4.69, 9.17) is 0 Å². The van der Waals surface area contributed by atoms with E-state index in [1.807, 2.05) is 0 Å². The lowest BCUT2D eigenvalue weighted by molar-refractivity contribution is -0.910. The van der Waals surface area contributed by atoms with E-state index >= 15 is 0 Å². The minimum absolute atomic E-state index is 0.0540. The second kappa shape index (κ2) is 8.04. The maximum Gasteiger partial charge on any atom is 0.416 e. The molecule has 1 heterocycles. The Bertz CT molecular complexity index is 916. The third-order valence-corrected chi connectivity index (χ3v) is 8.00. The smallest absolute Gasteiger partial charge is 0.335 e. The van der Waals surface area contributed by atoms with Gasteiger partial charge in [-0.15, -0.1) is 0 Å². The minimum atomic E-state index is -4.68. The molecule has 2 bridgehead atoms. The quantitative estimate of drug-likeness (QED) is 0.349. The Labute approximate surface area is 186 Å². The highest BCUT2D eigenvalue weighted by molar-refractivity contribution is 5.89. The molecule has 1 saturated heterocycles. The lowest BCUT2D eigenvalue weighted by Gasteiger charge is -2.57. The lowest BCUT2D eigenvalue weighted by Crippen LogP contribution is -2.57. The third-order valence-electron chi connectivity index (χ3n) is 8.00. The van der Waals surface area contributed by atoms with E-state index in [-0.39, 0.29) is 11.7 Å². The molecule has 0 unspecified atom stereocenters. The number of amides is 2. The van der Waals surface area contributed by atoms with E-state index in [0.29, 0.717) is 17.4 Å². The number of hydrogen-bond acceptors (Lipinski definition) is 1. The number of fused-ring (bicyclic) bond motifs is 1. The lowest BCUT2D eigenvalue weighted by atomic mass is 9.49. The Balaban J connectivity index is 1.29. The molecule has 0 radical (unpaired) electrons. The Hall–Kier alpha value is -2.09. The zero-order chi connectivity index (χ0) is 23.3. The number of alkyl halides is 3. The summed E-state index contributed by atoms with van der Waals surface area (Å²) in [6, 6.07) is 1.37. The molecular weight excluding hydrogens is 422 g/mol. The van der Waals surface area contributed by atoms with Gasteiger partial charge in [-0.25, -0.2) is 9.18 Å². The molecule has 2 atom stereocenters. The van der Waals surface area contributed by atoms with Gasteiger partial charge in [0.15, 0.2) is 0 Å². The van der Waals surface area contributed by atoms with Crippen LogP contribution in [-0.2, 0) is 6.18 Å². The van der Waals surface area contributed by atoms with Crippen LogP contribution in [0, 0.1) is 23.1 Å². The van der Waals surface area contributed by atoms with Gasteiger partial charge in [0.2, 0.25) is 0 Å². The number of hydrogen-bond donors (Lipinski definition) is 2. The molecule has 1 aromatic carbocycles. The van der Waals surface area contributed by atoms with Crippen LogP contribution in [0.4, 0.5) is 28.0 Å². The summed E-state index contributed by atoms with van der Waals surface area (Å²) in [5.41, 5.74) is 0.647. The van der Waals surface area contributed by atoms with Crippen molar-refractivity contribution in [3.8, 4) is 0 Å². The van der Waals surface area contributed by atoms with Crippen LogP contribution in [0.5, 0.6) is 0 Å². The molecule has 176 valence electrons. The van der Waals surface area contributed by atoms with Gasteiger partial charge in [0.05, 0.1) is 25.7 Å². The minimum Gasteiger partial charge on any atom is -0.335 e. The van der Waals surface area contributed by atoms with Crippen LogP contribution in [0.15, 0.2) is 29.8 Å². The number of nitrogens with zero attached hydrogens (tertiary/aromatic N) is 1. The fraction of sp³-hybridized carbons (Fsp3) is 0.625. The number of carbonyl (C=O) groups excluding carboxylic acids is 1. The summed E-state index contributed by atoms with van der Waals surface area (Å²) in [6.45, 7) is 7.66. The molecule has 1 aliphatic heterocycles. The monoisotopic (exact) mass is 454 g/mol. The fourth-order valence-corrected chi connectivity index (χ4v) is 5.77. The Kier molecular flexibility index (Phi) is 5.80. The molecule has 1 saturated carbocycles. The van der Waals surface area contributed by atoms with E-state index in [2.05, 4.69) is 37.6 Å². The van der Waals surface area contributed by atoms with E-state index in [0.717, 1.165) is 55.0 Å². The number of quaternary nitrogens is 1. The highest BCUT2D eigenvalue weighted by Gasteiger charge is 2.52. The molecular formula is C24H32F4N3O+. The van der Waals surface area contributed by atoms with Crippen LogP contribution >= 0.6 is 0 Å². The first-order valence-corrected chi connectivity index (χ1v) is 11.3. The average Bonchev–Trinajstić information content (AvgIpc) is 2.68. The average molecular weight is 455 g/mol. The van der Waals surface area contributed by atoms with Crippen molar-refractivity contribution in [1.29, 1.82) is 0 Å². The fourth-order valence-electron chi connectivity index (χ4n) is 5.77. The molecule has 1 aromatic rings. The second-order valence-corrected chi connectivity index (χ2v) is 10.6. The highest BCUT2D eigenvalue weighted by atomic mass is 19.4. The van der Waals surface area contributed by atoms with Crippen LogP contribution in [-0.4, -0.2) is 43.2 Å². The zero-order valence-corrected chi connectivity index (χ0v) is 18.9. The largest absolute Gasteiger partial charge is 0.416 e. The summed E-state index contributed by atoms with van der Waals surface area (Å²) in [5, 5.41) is 5.18. The van der Waals surface area contributed by atoms with Crippen molar-refractivity contribution in [2.75, 3.05) is 32.0 Å². The Morgan fingerprint density at radius 3 is 2.47 bits per heavy atom. The van der Waals surface area contributed by atoms with Gasteiger partial charge in [0, 0.05) is 24.6 Å². The Morgan fingerprint density at radius 2 is 1.88 bits per heavy atom. The van der Waals surface area contributed by atoms with E-state index in [1.54, 1.807) is 5.57 Å². The zero-order valence-electron chi connectivity index (χ0n) is 18.9. The summed E-state index contributed by atoms with van der Waals surface area (Å²) in [5.74, 6) is 0.463. The molecule has 5 rings (SSSR count). The van der Waals surface area contributed by atoms with Gasteiger partial charge in [-0.2, -0.15) is 13.2 Å². The molecule has 4 aliphatic rings. The van der Waals surface area contributed by atoms with Gasteiger partial charge in [0.25, 0.3) is 0 Å². The Morgan fingerprint density at radius 1 is 1.19 bits per heavy atom. The number of likely N-dealkylation sites (tertiary alicyclic amines) is 1. The van der Waals surface area contributed by atoms with Gasteiger partial charge in [-0.05, 0) is 53.9 Å². The van der Waals surface area contributed by atoms with Gasteiger partial charge < -0.3 is 15.1 Å². The van der Waals surface area contributed by atoms with Crippen molar-refractivity contribution >= 4 is 11.7 Å². The summed E-state index contributed by atoms with van der Waals surface area (Å²) < 4.78 is 53.1. The van der Waals surface area contributed by atoms with Crippen LogP contribution < -0.4 is 10.6 Å². The third kappa shape index (κ3) is 4.65. The number of likely N-dealkylation sites (N-methyl/N-ethyl adjacent to an activating group) is 1. The number of anilines is 1. The number of benzene rings is 1. The topological polar surface area (TPSA) is 41.1 Å². The number of halogens is 4. The molecule has 0 spiro atoms. The summed E-state index contributed by atoms with van der Waals surface area (Å²) in [4.78, 5) is 12.3. The highest BCUT2D eigenvalue weighted by Crippen LogP contribution is 2.59. The first-order valence-electron chi connectivity index (χ1n) is 11.3. The maximum absolute atomic E-state index is 13.5. The molecule has 2 fully saturated rings. The molecule has 0 aromatic heterocycles. The van der Waals surface area contributed by atoms with Gasteiger partial charge in [0.1, 0.15) is 12.4 Å². The number of urea groups is 1. The van der Waals surface area contributed by atoms with Crippen molar-refractivity contribution in [3.63, 3.8) is 0 Å². The molecule has 8 heteroatoms. The molecule has 4 nitrogen and oxygen atoms in total. The number of piperidine rings is 1. The van der Waals surface area contributed by atoms with Gasteiger partial charge >= 0.3 is 12.2 Å². The van der Waals surface area contributed by atoms with Crippen LogP contribution in [0.3, 0.4) is 0 Å². The predicted octanol–water partition coefficient (Wildman–Crippen LogP) is 5.57. The second-order valence-electron chi connectivity index (χ2n) is 10.6. The number of nitrogens with one attached hydrogen (secondary N) is 2. The molecule has 32 heavy (non-hydrogen) atoms. The van der Waals surface area contributed by atoms with Crippen LogP contribution in [0.2, 0.25) is 0 Å². The normalized spacial score (nSPS) is 31.3. The van der Waals surface area contributed by atoms with E-state index in [1.165, 1.54) is 12.8 Å². The number of rotatable bonds is 4. The van der Waals surface area contributed by atoms with Crippen molar-refractivity contribution in [2.45, 2.75) is 51.7 Å². The summed E-state index contributed by atoms with van der Waals surface area (Å²) >= 11 is 0. The number of carbonyl (C=O) groups is 1. The summed E-state index contributed by atoms with van der Waals surface area (Å²) in [7, 11) is 2.26. The SMILES string of the molecule is CC1(C)[C@H]2CC=C(C[N+]3(C)CCC(NC(=O)Nc4cc(F)cc(C(F)(F)F)c4)CC3)[C@@H]1C2. The summed E-state index contributed by atoms with van der Waals surface area (Å²) in [6.07, 6.45) is 1.85. The molecule has 3 aliphatic carbocycles. The van der Waals surface area contributed by atoms with Gasteiger partial charge in [-0.3, -0.25) is 0 Å². The number of allylic oxidation sites excluding steroid dienone is 1. The molecule has 2 N–H and O–H groups in total. The van der Waals surface area contributed by atoms with Gasteiger partial charge in [-0.1, -0.05) is 19.9 Å². The van der Waals surface area contributed by atoms with Crippen LogP contribution in [0.25, 0.3) is 0 Å². The maximum atomic E-state index is 13.5. The first-order chi connectivity index (χ1) is 14.9. The molecule has 2 amide bonds. The van der Waals surface area contributed by atoms with E-state index in [9.17, 15) is 22.4 Å².